The maximum absolute atomic E-state index is 6.52. The van der Waals surface area contributed by atoms with Gasteiger partial charge in [0, 0.05) is 62.6 Å². The fourth-order valence-electron chi connectivity index (χ4n) is 5.71. The van der Waals surface area contributed by atoms with Crippen LogP contribution in [0.5, 0.6) is 0 Å². The van der Waals surface area contributed by atoms with E-state index in [2.05, 4.69) is 39.4 Å². The third-order valence-corrected chi connectivity index (χ3v) is 8.65. The van der Waals surface area contributed by atoms with Crippen LogP contribution < -0.4 is 10.6 Å². The minimum absolute atomic E-state index is 0.0815. The second kappa shape index (κ2) is 9.44. The third kappa shape index (κ3) is 4.52. The number of anilines is 1. The van der Waals surface area contributed by atoms with Crippen LogP contribution in [0.15, 0.2) is 48.9 Å². The van der Waals surface area contributed by atoms with Crippen molar-refractivity contribution in [3.63, 3.8) is 0 Å². The van der Waals surface area contributed by atoms with E-state index in [9.17, 15) is 0 Å². The van der Waals surface area contributed by atoms with Crippen LogP contribution in [0.25, 0.3) is 44.6 Å². The number of fused-ring (bicyclic) bond motifs is 2. The number of nitrogens with zero attached hydrogens (tertiary/aromatic N) is 4. The van der Waals surface area contributed by atoms with Gasteiger partial charge in [-0.3, -0.25) is 4.98 Å². The Labute approximate surface area is 236 Å². The fraction of sp³-hybridized carbons (Fsp3) is 0.333. The van der Waals surface area contributed by atoms with Crippen molar-refractivity contribution in [1.82, 2.24) is 30.2 Å². The van der Waals surface area contributed by atoms with Gasteiger partial charge < -0.3 is 15.6 Å². The first-order valence-corrected chi connectivity index (χ1v) is 14.2. The van der Waals surface area contributed by atoms with Crippen LogP contribution in [0.2, 0.25) is 10.0 Å². The van der Waals surface area contributed by atoms with Crippen molar-refractivity contribution >= 4 is 51.0 Å². The van der Waals surface area contributed by atoms with Gasteiger partial charge in [0.2, 0.25) is 0 Å². The SMILES string of the molecule is CC1(C)CNCC[C@@H]1Nc1nc(-c2ccnc3[nH]c(-c4cc(Cl)ccc4Cl)cc23)nc2cncc(C3CC3)c12. The maximum Gasteiger partial charge on any atom is 0.163 e. The highest BCUT2D eigenvalue weighted by molar-refractivity contribution is 6.35. The molecule has 9 heteroatoms. The van der Waals surface area contributed by atoms with Gasteiger partial charge >= 0.3 is 0 Å². The molecule has 198 valence electrons. The van der Waals surface area contributed by atoms with Gasteiger partial charge in [0.15, 0.2) is 5.82 Å². The Morgan fingerprint density at radius 3 is 2.69 bits per heavy atom. The molecule has 0 radical (unpaired) electrons. The molecule has 0 amide bonds. The molecule has 5 aromatic rings. The van der Waals surface area contributed by atoms with Crippen molar-refractivity contribution in [2.24, 2.45) is 5.41 Å². The Balaban J connectivity index is 1.40. The summed E-state index contributed by atoms with van der Waals surface area (Å²) in [7, 11) is 0. The molecule has 3 N–H and O–H groups in total. The first-order valence-electron chi connectivity index (χ1n) is 13.4. The highest BCUT2D eigenvalue weighted by Crippen LogP contribution is 2.45. The van der Waals surface area contributed by atoms with Crippen molar-refractivity contribution in [3.8, 4) is 22.6 Å². The molecule has 1 aliphatic heterocycles. The zero-order valence-electron chi connectivity index (χ0n) is 21.9. The van der Waals surface area contributed by atoms with Crippen LogP contribution in [-0.2, 0) is 0 Å². The first kappa shape index (κ1) is 24.8. The molecule has 1 aromatic carbocycles. The standard InChI is InChI=1S/C30H29Cl2N7/c1-30(2)15-33-9-8-25(30)38-29-26-21(16-3-4-16)13-34-14-24(26)37-28(39-29)18-7-10-35-27-19(18)12-23(36-27)20-11-17(31)5-6-22(20)32/h5-7,10-14,16,25,33H,3-4,8-9,15H2,1-2H3,(H,35,36)(H,37,38,39)/t25-/m0/s1. The lowest BCUT2D eigenvalue weighted by Crippen LogP contribution is -2.49. The molecule has 7 rings (SSSR count). The molecule has 4 aromatic heterocycles. The molecular weight excluding hydrogens is 529 g/mol. The molecule has 5 heterocycles. The summed E-state index contributed by atoms with van der Waals surface area (Å²) >= 11 is 12.8. The lowest BCUT2D eigenvalue weighted by atomic mass is 9.80. The summed E-state index contributed by atoms with van der Waals surface area (Å²) in [5.74, 6) is 2.05. The normalized spacial score (nSPS) is 19.0. The highest BCUT2D eigenvalue weighted by atomic mass is 35.5. The summed E-state index contributed by atoms with van der Waals surface area (Å²) in [5, 5.41) is 10.7. The van der Waals surface area contributed by atoms with Crippen LogP contribution in [0.3, 0.4) is 0 Å². The molecular formula is C30H29Cl2N7. The van der Waals surface area contributed by atoms with Crippen molar-refractivity contribution in [2.75, 3.05) is 18.4 Å². The second-order valence-corrected chi connectivity index (χ2v) is 12.2. The van der Waals surface area contributed by atoms with Crippen LogP contribution in [-0.4, -0.2) is 44.1 Å². The zero-order chi connectivity index (χ0) is 26.7. The fourth-order valence-corrected chi connectivity index (χ4v) is 6.10. The number of piperidine rings is 1. The highest BCUT2D eigenvalue weighted by Gasteiger charge is 2.34. The molecule has 7 nitrogen and oxygen atoms in total. The summed E-state index contributed by atoms with van der Waals surface area (Å²) < 4.78 is 0. The van der Waals surface area contributed by atoms with E-state index in [0.29, 0.717) is 21.8 Å². The number of rotatable bonds is 5. The number of pyridine rings is 2. The van der Waals surface area contributed by atoms with Crippen LogP contribution in [0, 0.1) is 5.41 Å². The number of hydrogen-bond donors (Lipinski definition) is 3. The Morgan fingerprint density at radius 2 is 1.87 bits per heavy atom. The van der Waals surface area contributed by atoms with Crippen molar-refractivity contribution in [1.29, 1.82) is 0 Å². The molecule has 1 saturated carbocycles. The summed E-state index contributed by atoms with van der Waals surface area (Å²) in [5.41, 5.74) is 5.48. The molecule has 1 saturated heterocycles. The van der Waals surface area contributed by atoms with Gasteiger partial charge in [0.25, 0.3) is 0 Å². The largest absolute Gasteiger partial charge is 0.366 e. The smallest absolute Gasteiger partial charge is 0.163 e. The molecule has 2 fully saturated rings. The quantitative estimate of drug-likeness (QED) is 0.211. The van der Waals surface area contributed by atoms with E-state index >= 15 is 0 Å². The Bertz CT molecular complexity index is 1720. The maximum atomic E-state index is 6.52. The van der Waals surface area contributed by atoms with Gasteiger partial charge in [-0.05, 0) is 73.0 Å². The van der Waals surface area contributed by atoms with Gasteiger partial charge in [0.1, 0.15) is 11.5 Å². The van der Waals surface area contributed by atoms with Gasteiger partial charge in [0.05, 0.1) is 11.7 Å². The van der Waals surface area contributed by atoms with E-state index in [1.165, 1.54) is 18.4 Å². The van der Waals surface area contributed by atoms with Crippen molar-refractivity contribution in [2.45, 2.75) is 45.1 Å². The minimum atomic E-state index is 0.0815. The number of halogens is 2. The molecule has 39 heavy (non-hydrogen) atoms. The number of aromatic amines is 1. The number of aromatic nitrogens is 5. The van der Waals surface area contributed by atoms with E-state index in [0.717, 1.165) is 64.1 Å². The minimum Gasteiger partial charge on any atom is -0.366 e. The average molecular weight is 559 g/mol. The number of H-pyrrole nitrogens is 1. The van der Waals surface area contributed by atoms with Gasteiger partial charge in [-0.1, -0.05) is 37.0 Å². The van der Waals surface area contributed by atoms with E-state index in [1.807, 2.05) is 30.6 Å². The van der Waals surface area contributed by atoms with E-state index in [4.69, 9.17) is 33.2 Å². The summed E-state index contributed by atoms with van der Waals surface area (Å²) in [4.78, 5) is 22.8. The van der Waals surface area contributed by atoms with Gasteiger partial charge in [-0.15, -0.1) is 0 Å². The van der Waals surface area contributed by atoms with Crippen LogP contribution in [0.4, 0.5) is 5.82 Å². The molecule has 1 aliphatic carbocycles. The molecule has 2 aliphatic rings. The molecule has 0 bridgehead atoms. The van der Waals surface area contributed by atoms with E-state index in [-0.39, 0.29) is 11.5 Å². The Morgan fingerprint density at radius 1 is 1.00 bits per heavy atom. The molecule has 0 unspecified atom stereocenters. The average Bonchev–Trinajstić information content (AvgIpc) is 3.68. The molecule has 1 atom stereocenters. The lowest BCUT2D eigenvalue weighted by Gasteiger charge is -2.40. The predicted octanol–water partition coefficient (Wildman–Crippen LogP) is 7.22. The third-order valence-electron chi connectivity index (χ3n) is 8.09. The second-order valence-electron chi connectivity index (χ2n) is 11.4. The van der Waals surface area contributed by atoms with Crippen molar-refractivity contribution < 1.29 is 0 Å². The molecule has 0 spiro atoms. The first-order chi connectivity index (χ1) is 18.9. The van der Waals surface area contributed by atoms with Crippen LogP contribution >= 0.6 is 23.2 Å². The van der Waals surface area contributed by atoms with Crippen molar-refractivity contribution in [3.05, 3.63) is 64.5 Å². The Kier molecular flexibility index (Phi) is 5.99. The van der Waals surface area contributed by atoms with E-state index in [1.54, 1.807) is 18.3 Å². The monoisotopic (exact) mass is 557 g/mol. The topological polar surface area (TPSA) is 91.4 Å². The predicted molar refractivity (Wildman–Crippen MR) is 159 cm³/mol. The summed E-state index contributed by atoms with van der Waals surface area (Å²) in [6, 6.07) is 9.74. The van der Waals surface area contributed by atoms with Gasteiger partial charge in [-0.25, -0.2) is 15.0 Å². The summed E-state index contributed by atoms with van der Waals surface area (Å²) in [6.45, 7) is 6.55. The van der Waals surface area contributed by atoms with Crippen LogP contribution in [0.1, 0.15) is 44.6 Å². The number of benzene rings is 1. The number of hydrogen-bond acceptors (Lipinski definition) is 6. The number of nitrogens with one attached hydrogen (secondary N) is 3. The lowest BCUT2D eigenvalue weighted by molar-refractivity contribution is 0.236. The Hall–Kier alpha value is -3.26. The zero-order valence-corrected chi connectivity index (χ0v) is 23.4. The van der Waals surface area contributed by atoms with Gasteiger partial charge in [-0.2, -0.15) is 0 Å². The summed E-state index contributed by atoms with van der Waals surface area (Å²) in [6.07, 6.45) is 9.04. The van der Waals surface area contributed by atoms with E-state index < -0.39 is 0 Å².